The van der Waals surface area contributed by atoms with Crippen molar-refractivity contribution in [2.75, 3.05) is 24.5 Å². The number of carboxylic acids is 1. The Morgan fingerprint density at radius 2 is 2.39 bits per heavy atom. The molecular weight excluding hydrogens is 252 g/mol. The second kappa shape index (κ2) is 5.59. The first-order valence-electron chi connectivity index (χ1n) is 6.04. The topological polar surface area (TPSA) is 52.6 Å². The highest BCUT2D eigenvalue weighted by molar-refractivity contribution is 6.31. The summed E-state index contributed by atoms with van der Waals surface area (Å²) in [5, 5.41) is 12.9. The number of carboxylic acid groups (broad SMARTS) is 1. The van der Waals surface area contributed by atoms with Crippen LogP contribution >= 0.6 is 11.6 Å². The largest absolute Gasteiger partial charge is 0.481 e. The predicted octanol–water partition coefficient (Wildman–Crippen LogP) is 1.90. The number of anilines is 1. The van der Waals surface area contributed by atoms with Crippen LogP contribution in [0.2, 0.25) is 5.02 Å². The molecule has 0 amide bonds. The molecule has 1 aromatic rings. The van der Waals surface area contributed by atoms with Crippen molar-refractivity contribution in [1.82, 2.24) is 5.32 Å². The zero-order valence-electron chi connectivity index (χ0n) is 10.3. The predicted molar refractivity (Wildman–Crippen MR) is 72.4 cm³/mol. The van der Waals surface area contributed by atoms with Gasteiger partial charge in [0.2, 0.25) is 0 Å². The van der Waals surface area contributed by atoms with E-state index in [4.69, 9.17) is 16.7 Å². The van der Waals surface area contributed by atoms with Gasteiger partial charge in [0.25, 0.3) is 0 Å². The number of nitrogens with one attached hydrogen (secondary N) is 1. The Morgan fingerprint density at radius 3 is 3.11 bits per heavy atom. The van der Waals surface area contributed by atoms with Crippen LogP contribution in [0.15, 0.2) is 18.2 Å². The summed E-state index contributed by atoms with van der Waals surface area (Å²) in [4.78, 5) is 13.1. The van der Waals surface area contributed by atoms with Gasteiger partial charge in [0.05, 0.1) is 12.5 Å². The number of nitrogens with zero attached hydrogens (tertiary/aromatic N) is 1. The van der Waals surface area contributed by atoms with Gasteiger partial charge in [-0.3, -0.25) is 4.79 Å². The minimum atomic E-state index is -0.770. The average Bonchev–Trinajstić information content (AvgIpc) is 2.33. The molecule has 0 saturated carbocycles. The summed E-state index contributed by atoms with van der Waals surface area (Å²) in [6.07, 6.45) is 0.138. The first kappa shape index (κ1) is 13.2. The molecule has 4 nitrogen and oxygen atoms in total. The molecule has 1 saturated heterocycles. The van der Waals surface area contributed by atoms with E-state index in [1.807, 2.05) is 25.1 Å². The van der Waals surface area contributed by atoms with Gasteiger partial charge in [0.1, 0.15) is 0 Å². The Kier molecular flexibility index (Phi) is 4.09. The number of rotatable bonds is 3. The van der Waals surface area contributed by atoms with Crippen molar-refractivity contribution >= 4 is 23.3 Å². The molecule has 1 aliphatic rings. The molecule has 1 aliphatic heterocycles. The van der Waals surface area contributed by atoms with Crippen molar-refractivity contribution in [2.45, 2.75) is 19.4 Å². The number of piperazine rings is 1. The molecule has 0 radical (unpaired) electrons. The minimum Gasteiger partial charge on any atom is -0.481 e. The Hall–Kier alpha value is -1.26. The lowest BCUT2D eigenvalue weighted by Crippen LogP contribution is -2.52. The molecule has 0 aliphatic carbocycles. The van der Waals surface area contributed by atoms with E-state index in [0.29, 0.717) is 6.54 Å². The summed E-state index contributed by atoms with van der Waals surface area (Å²) in [5.74, 6) is -0.770. The molecular formula is C13H17ClN2O2. The fraction of sp³-hybridized carbons (Fsp3) is 0.462. The van der Waals surface area contributed by atoms with Crippen LogP contribution in [-0.2, 0) is 4.79 Å². The van der Waals surface area contributed by atoms with Gasteiger partial charge in [-0.05, 0) is 24.6 Å². The minimum absolute atomic E-state index is 0.0200. The molecule has 1 atom stereocenters. The SMILES string of the molecule is Cc1c(Cl)cccc1N1CCNCC1CC(=O)O. The molecule has 1 aromatic carbocycles. The van der Waals surface area contributed by atoms with Crippen LogP contribution in [-0.4, -0.2) is 36.8 Å². The zero-order valence-corrected chi connectivity index (χ0v) is 11.1. The fourth-order valence-electron chi connectivity index (χ4n) is 2.37. The van der Waals surface area contributed by atoms with E-state index in [1.54, 1.807) is 0 Å². The Bertz CT molecular complexity index is 451. The van der Waals surface area contributed by atoms with Crippen molar-refractivity contribution in [2.24, 2.45) is 0 Å². The maximum absolute atomic E-state index is 10.9. The van der Waals surface area contributed by atoms with Gasteiger partial charge in [-0.2, -0.15) is 0 Å². The van der Waals surface area contributed by atoms with E-state index in [-0.39, 0.29) is 12.5 Å². The molecule has 98 valence electrons. The highest BCUT2D eigenvalue weighted by Crippen LogP contribution is 2.29. The van der Waals surface area contributed by atoms with Gasteiger partial charge >= 0.3 is 5.97 Å². The summed E-state index contributed by atoms with van der Waals surface area (Å²) in [6, 6.07) is 5.74. The lowest BCUT2D eigenvalue weighted by molar-refractivity contribution is -0.137. The van der Waals surface area contributed by atoms with E-state index in [1.165, 1.54) is 0 Å². The molecule has 2 N–H and O–H groups in total. The quantitative estimate of drug-likeness (QED) is 0.879. The van der Waals surface area contributed by atoms with Crippen LogP contribution in [0, 0.1) is 6.92 Å². The number of aliphatic carboxylic acids is 1. The maximum atomic E-state index is 10.9. The van der Waals surface area contributed by atoms with E-state index in [9.17, 15) is 4.79 Å². The second-order valence-corrected chi connectivity index (χ2v) is 4.94. The summed E-state index contributed by atoms with van der Waals surface area (Å²) >= 11 is 6.13. The molecule has 2 rings (SSSR count). The normalized spacial score (nSPS) is 19.9. The Balaban J connectivity index is 2.27. The maximum Gasteiger partial charge on any atom is 0.305 e. The first-order valence-corrected chi connectivity index (χ1v) is 6.41. The number of hydrogen-bond donors (Lipinski definition) is 2. The smallest absolute Gasteiger partial charge is 0.305 e. The zero-order chi connectivity index (χ0) is 13.1. The fourth-order valence-corrected chi connectivity index (χ4v) is 2.54. The van der Waals surface area contributed by atoms with Crippen LogP contribution in [0.4, 0.5) is 5.69 Å². The van der Waals surface area contributed by atoms with Gasteiger partial charge in [-0.25, -0.2) is 0 Å². The highest BCUT2D eigenvalue weighted by atomic mass is 35.5. The van der Waals surface area contributed by atoms with Gasteiger partial charge in [0, 0.05) is 30.3 Å². The number of carbonyl (C=O) groups is 1. The molecule has 0 bridgehead atoms. The third-order valence-corrected chi connectivity index (χ3v) is 3.72. The third-order valence-electron chi connectivity index (χ3n) is 3.31. The van der Waals surface area contributed by atoms with Gasteiger partial charge in [0.15, 0.2) is 0 Å². The standard InChI is InChI=1S/C13H17ClN2O2/c1-9-11(14)3-2-4-12(9)16-6-5-15-8-10(16)7-13(17)18/h2-4,10,15H,5-8H2,1H3,(H,17,18). The highest BCUT2D eigenvalue weighted by Gasteiger charge is 2.25. The molecule has 1 unspecified atom stereocenters. The number of hydrogen-bond acceptors (Lipinski definition) is 3. The summed E-state index contributed by atoms with van der Waals surface area (Å²) in [5.41, 5.74) is 2.05. The molecule has 0 spiro atoms. The van der Waals surface area contributed by atoms with E-state index in [0.717, 1.165) is 29.4 Å². The van der Waals surface area contributed by atoms with Crippen molar-refractivity contribution in [3.05, 3.63) is 28.8 Å². The van der Waals surface area contributed by atoms with Crippen LogP contribution in [0.25, 0.3) is 0 Å². The van der Waals surface area contributed by atoms with Crippen molar-refractivity contribution < 1.29 is 9.90 Å². The van der Waals surface area contributed by atoms with E-state index < -0.39 is 5.97 Å². The Labute approximate surface area is 112 Å². The average molecular weight is 269 g/mol. The van der Waals surface area contributed by atoms with Crippen LogP contribution < -0.4 is 10.2 Å². The van der Waals surface area contributed by atoms with Crippen LogP contribution in [0.3, 0.4) is 0 Å². The second-order valence-electron chi connectivity index (χ2n) is 4.53. The molecule has 1 fully saturated rings. The monoisotopic (exact) mass is 268 g/mol. The van der Waals surface area contributed by atoms with Gasteiger partial charge in [-0.15, -0.1) is 0 Å². The number of benzene rings is 1. The van der Waals surface area contributed by atoms with Crippen molar-refractivity contribution in [3.63, 3.8) is 0 Å². The lowest BCUT2D eigenvalue weighted by Gasteiger charge is -2.38. The lowest BCUT2D eigenvalue weighted by atomic mass is 10.1. The summed E-state index contributed by atoms with van der Waals surface area (Å²) < 4.78 is 0. The van der Waals surface area contributed by atoms with Crippen molar-refractivity contribution in [3.8, 4) is 0 Å². The third kappa shape index (κ3) is 2.76. The van der Waals surface area contributed by atoms with Crippen molar-refractivity contribution in [1.29, 1.82) is 0 Å². The van der Waals surface area contributed by atoms with E-state index in [2.05, 4.69) is 10.2 Å². The summed E-state index contributed by atoms with van der Waals surface area (Å²) in [6.45, 7) is 4.33. The summed E-state index contributed by atoms with van der Waals surface area (Å²) in [7, 11) is 0. The van der Waals surface area contributed by atoms with E-state index >= 15 is 0 Å². The molecule has 1 heterocycles. The molecule has 0 aromatic heterocycles. The molecule has 18 heavy (non-hydrogen) atoms. The number of halogens is 1. The van der Waals surface area contributed by atoms with Gasteiger partial charge < -0.3 is 15.3 Å². The van der Waals surface area contributed by atoms with Crippen LogP contribution in [0.1, 0.15) is 12.0 Å². The Morgan fingerprint density at radius 1 is 1.61 bits per heavy atom. The van der Waals surface area contributed by atoms with Crippen LogP contribution in [0.5, 0.6) is 0 Å². The van der Waals surface area contributed by atoms with Gasteiger partial charge in [-0.1, -0.05) is 17.7 Å². The molecule has 5 heteroatoms. The first-order chi connectivity index (χ1) is 8.59.